The van der Waals surface area contributed by atoms with Crippen molar-refractivity contribution in [3.63, 3.8) is 0 Å². The number of hydrogen-bond acceptors (Lipinski definition) is 5. The summed E-state index contributed by atoms with van der Waals surface area (Å²) in [6.45, 7) is 8.96. The smallest absolute Gasteiger partial charge is 0.417 e. The molecule has 0 bridgehead atoms. The Morgan fingerprint density at radius 2 is 0.744 bits per heavy atom. The van der Waals surface area contributed by atoms with Crippen molar-refractivity contribution in [2.45, 2.75) is 38.5 Å². The van der Waals surface area contributed by atoms with E-state index in [-0.39, 0.29) is 11.4 Å². The first-order valence-electron chi connectivity index (χ1n) is 13.1. The highest BCUT2D eigenvalue weighted by Gasteiger charge is 2.39. The molecule has 4 rings (SSSR count). The molecule has 0 spiro atoms. The highest BCUT2D eigenvalue weighted by Crippen LogP contribution is 2.43. The average Bonchev–Trinajstić information content (AvgIpc) is 2.88. The van der Waals surface area contributed by atoms with Crippen LogP contribution in [0.3, 0.4) is 0 Å². The molecule has 0 heterocycles. The predicted molar refractivity (Wildman–Crippen MR) is 168 cm³/mol. The van der Waals surface area contributed by atoms with Gasteiger partial charge in [0, 0.05) is 22.7 Å². The van der Waals surface area contributed by atoms with Gasteiger partial charge in [-0.15, -0.1) is 0 Å². The molecule has 0 amide bonds. The van der Waals surface area contributed by atoms with Crippen LogP contribution in [-0.4, -0.2) is 16.6 Å². The number of nitrogen functional groups attached to an aromatic ring is 4. The van der Waals surface area contributed by atoms with Gasteiger partial charge in [0.05, 0.1) is 11.1 Å². The van der Waals surface area contributed by atoms with E-state index >= 15 is 0 Å². The van der Waals surface area contributed by atoms with Gasteiger partial charge in [-0.05, 0) is 96.2 Å². The van der Waals surface area contributed by atoms with Gasteiger partial charge in [-0.3, -0.25) is 0 Å². The summed E-state index contributed by atoms with van der Waals surface area (Å²) in [5.74, 6) is 0. The van der Waals surface area contributed by atoms with Crippen LogP contribution in [0.5, 0.6) is 0 Å². The molecule has 13 heteroatoms. The van der Waals surface area contributed by atoms with Gasteiger partial charge < -0.3 is 27.0 Å². The largest absolute Gasteiger partial charge is 0.449 e. The molecule has 4 aromatic rings. The third-order valence-electron chi connectivity index (χ3n) is 6.71. The van der Waals surface area contributed by atoms with Crippen molar-refractivity contribution in [2.24, 2.45) is 0 Å². The van der Waals surface area contributed by atoms with E-state index in [9.17, 15) is 26.3 Å². The fourth-order valence-electron chi connectivity index (χ4n) is 4.59. The van der Waals surface area contributed by atoms with Crippen LogP contribution >= 0.6 is 0 Å². The first kappa shape index (κ1) is 33.6. The number of anilines is 4. The van der Waals surface area contributed by atoms with E-state index in [2.05, 4.69) is 50.5 Å². The zero-order chi connectivity index (χ0) is 32.4. The van der Waals surface area contributed by atoms with Crippen molar-refractivity contribution in [1.82, 2.24) is 0 Å². The molecule has 0 saturated carbocycles. The Morgan fingerprint density at radius 3 is 1.02 bits per heavy atom. The molecule has 0 fully saturated rings. The molecule has 8 N–H and O–H groups in total. The number of benzene rings is 4. The highest BCUT2D eigenvalue weighted by molar-refractivity contribution is 6.96. The zero-order valence-corrected chi connectivity index (χ0v) is 26.1. The second-order valence-corrected chi connectivity index (χ2v) is 19.0. The Morgan fingerprint density at radius 1 is 0.465 bits per heavy atom. The van der Waals surface area contributed by atoms with Crippen LogP contribution in [0.25, 0.3) is 11.1 Å². The summed E-state index contributed by atoms with van der Waals surface area (Å²) in [5, 5.41) is 2.54. The maximum Gasteiger partial charge on any atom is 0.417 e. The Hall–Kier alpha value is -3.95. The molecule has 0 atom stereocenters. The van der Waals surface area contributed by atoms with E-state index in [1.54, 1.807) is 0 Å². The molecule has 0 unspecified atom stereocenters. The van der Waals surface area contributed by atoms with E-state index in [1.165, 1.54) is 10.4 Å². The van der Waals surface area contributed by atoms with Crippen LogP contribution in [0.4, 0.5) is 49.1 Å². The monoisotopic (exact) mass is 636 g/mol. The first-order valence-corrected chi connectivity index (χ1v) is 18.9. The lowest BCUT2D eigenvalue weighted by molar-refractivity contribution is -0.139. The summed E-state index contributed by atoms with van der Waals surface area (Å²) in [6.07, 6.45) is -9.68. The fraction of sp³-hybridized carbons (Fsp3) is 0.200. The van der Waals surface area contributed by atoms with Crippen LogP contribution in [0.2, 0.25) is 26.2 Å². The lowest BCUT2D eigenvalue weighted by atomic mass is 9.94. The molecule has 4 aromatic carbocycles. The van der Waals surface area contributed by atoms with Gasteiger partial charge in [0.15, 0.2) is 0 Å². The van der Waals surface area contributed by atoms with Gasteiger partial charge in [-0.1, -0.05) is 36.4 Å². The Balaban J connectivity index is 0.000000236. The maximum absolute atomic E-state index is 13.1. The van der Waals surface area contributed by atoms with Gasteiger partial charge in [0.2, 0.25) is 16.6 Å². The molecule has 0 aliphatic rings. The third-order valence-corrected chi connectivity index (χ3v) is 14.2. The molecule has 0 radical (unpaired) electrons. The summed E-state index contributed by atoms with van der Waals surface area (Å²) >= 11 is 0. The second-order valence-electron chi connectivity index (χ2n) is 11.0. The lowest BCUT2D eigenvalue weighted by Gasteiger charge is -2.34. The SMILES string of the molecule is C[Si](C)(O[Si](C)(C)c1ccc(N)cc1)c1ccc(N)cc1.Nc1ccc(-c2ccc(N)cc2C(F)(F)F)c(C(F)(F)F)c1. The molecular formula is C30H34F6N4OSi2. The van der Waals surface area contributed by atoms with Crippen molar-refractivity contribution >= 4 is 49.8 Å². The van der Waals surface area contributed by atoms with Crippen LogP contribution in [-0.2, 0) is 16.5 Å². The van der Waals surface area contributed by atoms with Crippen molar-refractivity contribution < 1.29 is 30.5 Å². The molecule has 43 heavy (non-hydrogen) atoms. The highest BCUT2D eigenvalue weighted by atomic mass is 28.4. The topological polar surface area (TPSA) is 113 Å². The number of hydrogen-bond donors (Lipinski definition) is 4. The van der Waals surface area contributed by atoms with Gasteiger partial charge in [0.1, 0.15) is 0 Å². The molecule has 5 nitrogen and oxygen atoms in total. The number of rotatable bonds is 5. The Labute approximate surface area is 248 Å². The summed E-state index contributed by atoms with van der Waals surface area (Å²) in [4.78, 5) is 0. The second kappa shape index (κ2) is 12.3. The quantitative estimate of drug-likeness (QED) is 0.108. The van der Waals surface area contributed by atoms with Crippen LogP contribution < -0.4 is 33.3 Å². The van der Waals surface area contributed by atoms with E-state index in [0.717, 1.165) is 35.6 Å². The molecule has 0 aromatic heterocycles. The zero-order valence-electron chi connectivity index (χ0n) is 24.1. The molecule has 230 valence electrons. The summed E-state index contributed by atoms with van der Waals surface area (Å²) in [6, 6.07) is 21.4. The normalized spacial score (nSPS) is 12.4. The van der Waals surface area contributed by atoms with Crippen molar-refractivity contribution in [3.05, 3.63) is 96.1 Å². The van der Waals surface area contributed by atoms with E-state index in [0.29, 0.717) is 12.1 Å². The van der Waals surface area contributed by atoms with E-state index < -0.39 is 51.2 Å². The Bertz CT molecular complexity index is 1440. The van der Waals surface area contributed by atoms with Crippen molar-refractivity contribution in [2.75, 3.05) is 22.9 Å². The minimum absolute atomic E-state index is 0.194. The minimum Gasteiger partial charge on any atom is -0.449 e. The van der Waals surface area contributed by atoms with Crippen LogP contribution in [0.1, 0.15) is 11.1 Å². The van der Waals surface area contributed by atoms with Crippen LogP contribution in [0, 0.1) is 0 Å². The molecule has 0 saturated heterocycles. The minimum atomic E-state index is -4.84. The summed E-state index contributed by atoms with van der Waals surface area (Å²) in [5.41, 5.74) is 19.7. The number of alkyl halides is 6. The van der Waals surface area contributed by atoms with Gasteiger partial charge >= 0.3 is 12.4 Å². The van der Waals surface area contributed by atoms with Crippen molar-refractivity contribution in [1.29, 1.82) is 0 Å². The van der Waals surface area contributed by atoms with Crippen molar-refractivity contribution in [3.8, 4) is 11.1 Å². The number of halogens is 6. The van der Waals surface area contributed by atoms with E-state index in [4.69, 9.17) is 27.0 Å². The maximum atomic E-state index is 13.1. The van der Waals surface area contributed by atoms with E-state index in [1.807, 2.05) is 24.3 Å². The lowest BCUT2D eigenvalue weighted by Crippen LogP contribution is -2.57. The predicted octanol–water partition coefficient (Wildman–Crippen LogP) is 6.95. The molecule has 0 aliphatic carbocycles. The fourth-order valence-corrected chi connectivity index (χ4v) is 12.6. The van der Waals surface area contributed by atoms with Gasteiger partial charge in [-0.2, -0.15) is 26.3 Å². The molecule has 0 aliphatic heterocycles. The summed E-state index contributed by atoms with van der Waals surface area (Å²) in [7, 11) is -3.92. The summed E-state index contributed by atoms with van der Waals surface area (Å²) < 4.78 is 85.0. The van der Waals surface area contributed by atoms with Crippen LogP contribution in [0.15, 0.2) is 84.9 Å². The first-order chi connectivity index (χ1) is 19.7. The number of nitrogens with two attached hydrogens (primary N) is 4. The molecular weight excluding hydrogens is 603 g/mol. The standard InChI is InChI=1S/C16H24N2OSi2.C14H10F6N2/c1-20(2,15-9-5-13(17)6-10-15)19-21(3,4)16-11-7-14(18)8-12-16;15-13(16,17)11-5-7(21)1-3-9(11)10-4-2-8(22)6-12(10)14(18,19)20/h5-12H,17-18H2,1-4H3;1-6H,21-22H2. The van der Waals surface area contributed by atoms with Gasteiger partial charge in [-0.25, -0.2) is 0 Å². The van der Waals surface area contributed by atoms with Gasteiger partial charge in [0.25, 0.3) is 0 Å². The Kier molecular flexibility index (Phi) is 9.63. The third kappa shape index (κ3) is 8.55. The average molecular weight is 637 g/mol.